The van der Waals surface area contributed by atoms with E-state index in [1.807, 2.05) is 4.90 Å². The minimum Gasteiger partial charge on any atom is -0.390 e. The highest BCUT2D eigenvalue weighted by atomic mass is 16.3. The maximum absolute atomic E-state index is 12.2. The van der Waals surface area contributed by atoms with Crippen molar-refractivity contribution >= 4 is 5.91 Å². The first-order valence-corrected chi connectivity index (χ1v) is 7.04. The van der Waals surface area contributed by atoms with Gasteiger partial charge in [0.1, 0.15) is 0 Å². The van der Waals surface area contributed by atoms with Gasteiger partial charge in [0.15, 0.2) is 0 Å². The predicted molar refractivity (Wildman–Crippen MR) is 67.6 cm³/mol. The van der Waals surface area contributed by atoms with Gasteiger partial charge in [-0.05, 0) is 44.4 Å². The Morgan fingerprint density at radius 3 is 2.24 bits per heavy atom. The monoisotopic (exact) mass is 239 g/mol. The second-order valence-corrected chi connectivity index (χ2v) is 6.06. The molecule has 98 valence electrons. The molecule has 1 aliphatic carbocycles. The largest absolute Gasteiger partial charge is 0.390 e. The van der Waals surface area contributed by atoms with Gasteiger partial charge in [-0.25, -0.2) is 0 Å². The highest BCUT2D eigenvalue weighted by Crippen LogP contribution is 2.37. The summed E-state index contributed by atoms with van der Waals surface area (Å²) >= 11 is 0. The molecular weight excluding hydrogens is 214 g/mol. The Bertz CT molecular complexity index is 274. The zero-order valence-corrected chi connectivity index (χ0v) is 11.1. The standard InChI is InChI=1S/C14H25NO2/c1-11(2)14(17)7-5-12(6-8-14)13(16)15-9-3-4-10-15/h11-12,17H,3-10H2,1-2H3/t12-,14+. The second-order valence-electron chi connectivity index (χ2n) is 6.06. The summed E-state index contributed by atoms with van der Waals surface area (Å²) in [6.07, 6.45) is 5.63. The molecule has 0 spiro atoms. The van der Waals surface area contributed by atoms with E-state index in [0.29, 0.717) is 11.8 Å². The van der Waals surface area contributed by atoms with Crippen molar-refractivity contribution in [1.29, 1.82) is 0 Å². The van der Waals surface area contributed by atoms with E-state index in [-0.39, 0.29) is 5.92 Å². The van der Waals surface area contributed by atoms with E-state index in [9.17, 15) is 9.90 Å². The first-order valence-electron chi connectivity index (χ1n) is 7.04. The van der Waals surface area contributed by atoms with Gasteiger partial charge in [0, 0.05) is 19.0 Å². The fraction of sp³-hybridized carbons (Fsp3) is 0.929. The number of hydrogen-bond acceptors (Lipinski definition) is 2. The van der Waals surface area contributed by atoms with E-state index in [2.05, 4.69) is 13.8 Å². The Balaban J connectivity index is 1.88. The van der Waals surface area contributed by atoms with Gasteiger partial charge in [-0.1, -0.05) is 13.8 Å². The highest BCUT2D eigenvalue weighted by Gasteiger charge is 2.39. The van der Waals surface area contributed by atoms with Crippen LogP contribution in [0, 0.1) is 11.8 Å². The van der Waals surface area contributed by atoms with Crippen LogP contribution in [0.2, 0.25) is 0 Å². The smallest absolute Gasteiger partial charge is 0.225 e. The van der Waals surface area contributed by atoms with Gasteiger partial charge in [-0.2, -0.15) is 0 Å². The van der Waals surface area contributed by atoms with Crippen molar-refractivity contribution in [3.63, 3.8) is 0 Å². The molecule has 2 rings (SSSR count). The predicted octanol–water partition coefficient (Wildman–Crippen LogP) is 2.19. The van der Waals surface area contributed by atoms with Crippen LogP contribution in [-0.4, -0.2) is 34.6 Å². The molecule has 0 aromatic carbocycles. The minimum atomic E-state index is -0.526. The van der Waals surface area contributed by atoms with Crippen molar-refractivity contribution in [2.75, 3.05) is 13.1 Å². The van der Waals surface area contributed by atoms with E-state index in [4.69, 9.17) is 0 Å². The van der Waals surface area contributed by atoms with Crippen molar-refractivity contribution in [3.8, 4) is 0 Å². The summed E-state index contributed by atoms with van der Waals surface area (Å²) in [7, 11) is 0. The third kappa shape index (κ3) is 2.65. The van der Waals surface area contributed by atoms with Crippen LogP contribution in [0.1, 0.15) is 52.4 Å². The zero-order chi connectivity index (χ0) is 12.5. The van der Waals surface area contributed by atoms with Gasteiger partial charge >= 0.3 is 0 Å². The van der Waals surface area contributed by atoms with Crippen LogP contribution < -0.4 is 0 Å². The minimum absolute atomic E-state index is 0.173. The number of likely N-dealkylation sites (tertiary alicyclic amines) is 1. The number of aliphatic hydroxyl groups is 1. The Morgan fingerprint density at radius 2 is 1.76 bits per heavy atom. The number of hydrogen-bond donors (Lipinski definition) is 1. The molecule has 0 radical (unpaired) electrons. The lowest BCUT2D eigenvalue weighted by Gasteiger charge is -2.39. The summed E-state index contributed by atoms with van der Waals surface area (Å²) < 4.78 is 0. The van der Waals surface area contributed by atoms with E-state index < -0.39 is 5.60 Å². The van der Waals surface area contributed by atoms with Crippen molar-refractivity contribution in [3.05, 3.63) is 0 Å². The number of rotatable bonds is 2. The van der Waals surface area contributed by atoms with Crippen molar-refractivity contribution in [1.82, 2.24) is 4.90 Å². The van der Waals surface area contributed by atoms with Gasteiger partial charge in [-0.3, -0.25) is 4.79 Å². The first-order chi connectivity index (χ1) is 8.03. The maximum Gasteiger partial charge on any atom is 0.225 e. The van der Waals surface area contributed by atoms with Crippen molar-refractivity contribution in [2.45, 2.75) is 58.0 Å². The van der Waals surface area contributed by atoms with Crippen LogP contribution in [0.5, 0.6) is 0 Å². The quantitative estimate of drug-likeness (QED) is 0.802. The molecule has 2 fully saturated rings. The molecule has 17 heavy (non-hydrogen) atoms. The lowest BCUT2D eigenvalue weighted by molar-refractivity contribution is -0.138. The molecule has 1 aliphatic heterocycles. The van der Waals surface area contributed by atoms with Gasteiger partial charge in [-0.15, -0.1) is 0 Å². The molecule has 1 amide bonds. The van der Waals surface area contributed by atoms with E-state index in [1.54, 1.807) is 0 Å². The molecule has 1 saturated heterocycles. The zero-order valence-electron chi connectivity index (χ0n) is 11.1. The SMILES string of the molecule is CC(C)[C@]1(O)CC[C@@H](C(=O)N2CCCC2)CC1. The van der Waals surface area contributed by atoms with E-state index >= 15 is 0 Å². The third-order valence-corrected chi connectivity index (χ3v) is 4.69. The van der Waals surface area contributed by atoms with E-state index in [1.165, 1.54) is 0 Å². The Morgan fingerprint density at radius 1 is 1.24 bits per heavy atom. The van der Waals surface area contributed by atoms with Gasteiger partial charge < -0.3 is 10.0 Å². The summed E-state index contributed by atoms with van der Waals surface area (Å²) in [6.45, 7) is 6.04. The number of carbonyl (C=O) groups is 1. The molecule has 0 unspecified atom stereocenters. The normalized spacial score (nSPS) is 34.4. The average molecular weight is 239 g/mol. The van der Waals surface area contributed by atoms with Crippen molar-refractivity contribution < 1.29 is 9.90 Å². The molecular formula is C14H25NO2. The molecule has 1 N–H and O–H groups in total. The molecule has 0 aromatic rings. The average Bonchev–Trinajstić information content (AvgIpc) is 2.82. The topological polar surface area (TPSA) is 40.5 Å². The van der Waals surface area contributed by atoms with Gasteiger partial charge in [0.25, 0.3) is 0 Å². The summed E-state index contributed by atoms with van der Waals surface area (Å²) in [5.74, 6) is 0.811. The molecule has 1 saturated carbocycles. The number of carbonyl (C=O) groups excluding carboxylic acids is 1. The van der Waals surface area contributed by atoms with Gasteiger partial charge in [0.2, 0.25) is 5.91 Å². The van der Waals surface area contributed by atoms with Gasteiger partial charge in [0.05, 0.1) is 5.60 Å². The van der Waals surface area contributed by atoms with Crippen LogP contribution in [0.25, 0.3) is 0 Å². The van der Waals surface area contributed by atoms with E-state index in [0.717, 1.165) is 51.6 Å². The highest BCUT2D eigenvalue weighted by molar-refractivity contribution is 5.79. The van der Waals surface area contributed by atoms with Crippen molar-refractivity contribution in [2.24, 2.45) is 11.8 Å². The maximum atomic E-state index is 12.2. The molecule has 1 heterocycles. The Hall–Kier alpha value is -0.570. The molecule has 3 heteroatoms. The molecule has 2 aliphatic rings. The third-order valence-electron chi connectivity index (χ3n) is 4.69. The fourth-order valence-corrected chi connectivity index (χ4v) is 3.14. The van der Waals surface area contributed by atoms with Crippen LogP contribution >= 0.6 is 0 Å². The fourth-order valence-electron chi connectivity index (χ4n) is 3.14. The summed E-state index contributed by atoms with van der Waals surface area (Å²) in [5, 5.41) is 10.4. The van der Waals surface area contributed by atoms with Crippen LogP contribution in [-0.2, 0) is 4.79 Å². The number of nitrogens with zero attached hydrogens (tertiary/aromatic N) is 1. The molecule has 0 atom stereocenters. The van der Waals surface area contributed by atoms with Crippen LogP contribution in [0.15, 0.2) is 0 Å². The second kappa shape index (κ2) is 4.97. The lowest BCUT2D eigenvalue weighted by Crippen LogP contribution is -2.43. The van der Waals surface area contributed by atoms with Crippen LogP contribution in [0.3, 0.4) is 0 Å². The Kier molecular flexibility index (Phi) is 3.76. The summed E-state index contributed by atoms with van der Waals surface area (Å²) in [4.78, 5) is 14.2. The lowest BCUT2D eigenvalue weighted by atomic mass is 9.73. The Labute approximate surface area is 104 Å². The summed E-state index contributed by atoms with van der Waals surface area (Å²) in [5.41, 5.74) is -0.526. The molecule has 0 aromatic heterocycles. The summed E-state index contributed by atoms with van der Waals surface area (Å²) in [6, 6.07) is 0. The first kappa shape index (κ1) is 12.9. The van der Waals surface area contributed by atoms with Crippen LogP contribution in [0.4, 0.5) is 0 Å². The molecule has 3 nitrogen and oxygen atoms in total. The number of amides is 1. The molecule has 0 bridgehead atoms.